The van der Waals surface area contributed by atoms with E-state index >= 15 is 0 Å². The molecule has 2 N–H and O–H groups in total. The molecule has 1 atom stereocenters. The SMILES string of the molecule is C/C(=C/N(C)COC(=O)c1ccccc1)c1c(C=O)cccc1S(=O)N1CCC(N)CC1. The van der Waals surface area contributed by atoms with Crippen LogP contribution in [0.5, 0.6) is 0 Å². The van der Waals surface area contributed by atoms with Gasteiger partial charge in [-0.25, -0.2) is 13.3 Å². The second-order valence-electron chi connectivity index (χ2n) is 7.85. The van der Waals surface area contributed by atoms with Gasteiger partial charge in [0.25, 0.3) is 0 Å². The molecule has 7 nitrogen and oxygen atoms in total. The van der Waals surface area contributed by atoms with Gasteiger partial charge in [0.2, 0.25) is 0 Å². The van der Waals surface area contributed by atoms with E-state index in [2.05, 4.69) is 0 Å². The minimum atomic E-state index is -1.41. The Morgan fingerprint density at radius 1 is 1.19 bits per heavy atom. The maximum Gasteiger partial charge on any atom is 0.339 e. The molecular formula is C24H29N3O4S. The van der Waals surface area contributed by atoms with Crippen LogP contribution in [0.2, 0.25) is 0 Å². The Labute approximate surface area is 191 Å². The molecule has 32 heavy (non-hydrogen) atoms. The van der Waals surface area contributed by atoms with Gasteiger partial charge in [-0.15, -0.1) is 0 Å². The summed E-state index contributed by atoms with van der Waals surface area (Å²) in [5.74, 6) is -0.415. The van der Waals surface area contributed by atoms with Crippen LogP contribution in [0.15, 0.2) is 59.6 Å². The Balaban J connectivity index is 1.77. The number of hydrogen-bond donors (Lipinski definition) is 1. The first kappa shape index (κ1) is 23.8. The number of piperidine rings is 1. The second kappa shape index (κ2) is 11.2. The van der Waals surface area contributed by atoms with Crippen LogP contribution < -0.4 is 5.73 Å². The van der Waals surface area contributed by atoms with Crippen molar-refractivity contribution < 1.29 is 18.5 Å². The third-order valence-corrected chi connectivity index (χ3v) is 6.87. The lowest BCUT2D eigenvalue weighted by Crippen LogP contribution is -2.40. The average molecular weight is 456 g/mol. The van der Waals surface area contributed by atoms with Gasteiger partial charge >= 0.3 is 5.97 Å². The molecule has 0 aliphatic carbocycles. The highest BCUT2D eigenvalue weighted by molar-refractivity contribution is 7.82. The molecule has 0 amide bonds. The van der Waals surface area contributed by atoms with Gasteiger partial charge in [-0.3, -0.25) is 4.79 Å². The van der Waals surface area contributed by atoms with Crippen molar-refractivity contribution in [2.75, 3.05) is 26.9 Å². The van der Waals surface area contributed by atoms with E-state index < -0.39 is 17.0 Å². The number of ether oxygens (including phenoxy) is 1. The van der Waals surface area contributed by atoms with Gasteiger partial charge in [0.15, 0.2) is 13.0 Å². The van der Waals surface area contributed by atoms with Gasteiger partial charge in [-0.2, -0.15) is 0 Å². The molecule has 0 saturated carbocycles. The van der Waals surface area contributed by atoms with Crippen molar-refractivity contribution in [1.82, 2.24) is 9.21 Å². The van der Waals surface area contributed by atoms with Gasteiger partial charge in [0.05, 0.1) is 10.5 Å². The van der Waals surface area contributed by atoms with Crippen LogP contribution in [-0.2, 0) is 15.7 Å². The lowest BCUT2D eigenvalue weighted by molar-refractivity contribution is 0.0351. The summed E-state index contributed by atoms with van der Waals surface area (Å²) in [6.45, 7) is 3.19. The molecule has 1 fully saturated rings. The van der Waals surface area contributed by atoms with E-state index in [9.17, 15) is 13.8 Å². The van der Waals surface area contributed by atoms with E-state index in [0.29, 0.717) is 34.7 Å². The Hall–Kier alpha value is -2.81. The minimum absolute atomic E-state index is 0.0385. The highest BCUT2D eigenvalue weighted by Gasteiger charge is 2.24. The summed E-state index contributed by atoms with van der Waals surface area (Å²) >= 11 is 0. The highest BCUT2D eigenvalue weighted by Crippen LogP contribution is 2.28. The first-order valence-electron chi connectivity index (χ1n) is 10.5. The zero-order valence-corrected chi connectivity index (χ0v) is 19.2. The summed E-state index contributed by atoms with van der Waals surface area (Å²) in [6, 6.07) is 14.2. The largest absolute Gasteiger partial charge is 0.441 e. The average Bonchev–Trinajstić information content (AvgIpc) is 2.82. The fraction of sp³-hybridized carbons (Fsp3) is 0.333. The summed E-state index contributed by atoms with van der Waals surface area (Å²) in [5, 5.41) is 0. The van der Waals surface area contributed by atoms with Crippen LogP contribution in [0.1, 0.15) is 46.0 Å². The molecule has 1 unspecified atom stereocenters. The topological polar surface area (TPSA) is 92.9 Å². The van der Waals surface area contributed by atoms with Crippen molar-refractivity contribution in [3.8, 4) is 0 Å². The Morgan fingerprint density at radius 2 is 1.88 bits per heavy atom. The Morgan fingerprint density at radius 3 is 2.53 bits per heavy atom. The molecule has 2 aromatic carbocycles. The summed E-state index contributed by atoms with van der Waals surface area (Å²) in [4.78, 5) is 26.2. The predicted octanol–water partition coefficient (Wildman–Crippen LogP) is 3.05. The molecule has 1 saturated heterocycles. The normalized spacial score (nSPS) is 16.4. The number of benzene rings is 2. The lowest BCUT2D eigenvalue weighted by atomic mass is 10.0. The molecule has 0 aromatic heterocycles. The third kappa shape index (κ3) is 5.91. The van der Waals surface area contributed by atoms with Crippen molar-refractivity contribution in [1.29, 1.82) is 0 Å². The minimum Gasteiger partial charge on any atom is -0.441 e. The number of nitrogens with zero attached hydrogens (tertiary/aromatic N) is 2. The predicted molar refractivity (Wildman–Crippen MR) is 125 cm³/mol. The first-order valence-corrected chi connectivity index (χ1v) is 11.6. The molecule has 1 aliphatic heterocycles. The molecule has 170 valence electrons. The van der Waals surface area contributed by atoms with Crippen molar-refractivity contribution in [3.05, 3.63) is 71.4 Å². The summed E-state index contributed by atoms with van der Waals surface area (Å²) < 4.78 is 20.6. The summed E-state index contributed by atoms with van der Waals surface area (Å²) in [5.41, 5.74) is 8.31. The number of allylic oxidation sites excluding steroid dienone is 1. The molecule has 0 bridgehead atoms. The highest BCUT2D eigenvalue weighted by atomic mass is 32.2. The van der Waals surface area contributed by atoms with Crippen molar-refractivity contribution >= 4 is 28.8 Å². The quantitative estimate of drug-likeness (QED) is 0.374. The maximum atomic E-state index is 13.3. The van der Waals surface area contributed by atoms with Crippen molar-refractivity contribution in [2.45, 2.75) is 30.7 Å². The number of carbonyl (C=O) groups is 2. The molecule has 0 radical (unpaired) electrons. The number of nitrogens with two attached hydrogens (primary N) is 1. The smallest absolute Gasteiger partial charge is 0.339 e. The van der Waals surface area contributed by atoms with Gasteiger partial charge < -0.3 is 15.4 Å². The molecule has 1 aliphatic rings. The van der Waals surface area contributed by atoms with Crippen LogP contribution in [-0.4, -0.2) is 58.6 Å². The van der Waals surface area contributed by atoms with Crippen LogP contribution >= 0.6 is 0 Å². The number of aldehydes is 1. The van der Waals surface area contributed by atoms with E-state index in [0.717, 1.165) is 24.7 Å². The number of hydrogen-bond acceptors (Lipinski definition) is 6. The number of carbonyl (C=O) groups excluding carboxylic acids is 2. The summed E-state index contributed by atoms with van der Waals surface area (Å²) in [6.07, 6.45) is 4.14. The Bertz CT molecular complexity index is 1000. The molecule has 0 spiro atoms. The van der Waals surface area contributed by atoms with Crippen LogP contribution in [0.4, 0.5) is 0 Å². The fourth-order valence-corrected chi connectivity index (χ4v) is 5.11. The molecular weight excluding hydrogens is 426 g/mol. The van der Waals surface area contributed by atoms with Crippen molar-refractivity contribution in [2.24, 2.45) is 5.73 Å². The van der Waals surface area contributed by atoms with Gasteiger partial charge in [0, 0.05) is 43.5 Å². The molecule has 1 heterocycles. The van der Waals surface area contributed by atoms with E-state index in [1.54, 1.807) is 60.6 Å². The zero-order chi connectivity index (χ0) is 23.1. The van der Waals surface area contributed by atoms with E-state index in [1.165, 1.54) is 0 Å². The van der Waals surface area contributed by atoms with Crippen molar-refractivity contribution in [3.63, 3.8) is 0 Å². The maximum absolute atomic E-state index is 13.3. The summed E-state index contributed by atoms with van der Waals surface area (Å²) in [7, 11) is 0.366. The molecule has 2 aromatic rings. The van der Waals surface area contributed by atoms with E-state index in [1.807, 2.05) is 17.3 Å². The van der Waals surface area contributed by atoms with Crippen LogP contribution in [0.3, 0.4) is 0 Å². The Kier molecular flexibility index (Phi) is 8.33. The van der Waals surface area contributed by atoms with Gasteiger partial charge in [-0.05, 0) is 43.5 Å². The fourth-order valence-electron chi connectivity index (χ4n) is 3.64. The lowest BCUT2D eigenvalue weighted by Gasteiger charge is -2.29. The number of esters is 1. The van der Waals surface area contributed by atoms with Crippen LogP contribution in [0.25, 0.3) is 5.57 Å². The van der Waals surface area contributed by atoms with Gasteiger partial charge in [0.1, 0.15) is 11.0 Å². The zero-order valence-electron chi connectivity index (χ0n) is 18.4. The second-order valence-corrected chi connectivity index (χ2v) is 9.30. The monoisotopic (exact) mass is 455 g/mol. The molecule has 8 heteroatoms. The standard InChI is InChI=1S/C24H29N3O4S/c1-18(15-26(2)17-31-24(29)19-7-4-3-5-8-19)23-20(16-28)9-6-10-22(23)32(30)27-13-11-21(25)12-14-27/h3-10,15-16,21H,11-14,17,25H2,1-2H3/b18-15-. The first-order chi connectivity index (χ1) is 15.4. The molecule has 3 rings (SSSR count). The van der Waals surface area contributed by atoms with E-state index in [-0.39, 0.29) is 12.8 Å². The number of rotatable bonds is 8. The third-order valence-electron chi connectivity index (χ3n) is 5.32. The van der Waals surface area contributed by atoms with E-state index in [4.69, 9.17) is 10.5 Å². The van der Waals surface area contributed by atoms with Gasteiger partial charge in [-0.1, -0.05) is 30.3 Å². The van der Waals surface area contributed by atoms with Crippen LogP contribution in [0, 0.1) is 0 Å².